The number of unbranched alkanes of at least 4 members (excludes halogenated alkanes) is 41. The zero-order valence-corrected chi connectivity index (χ0v) is 48.9. The number of aliphatic hydroxyl groups is 2. The molecule has 6 heteroatoms. The SMILES string of the molecule is CCCC/C=C\C/C=C\CCCCCCCC(=O)OCCCCCCCCCCC/C=C\C/C=C\CCCCCCCCCCCCCCCC(=O)NC(CO)C(O)CCCCCCCCCCCCCCC. The van der Waals surface area contributed by atoms with Crippen LogP contribution >= 0.6 is 0 Å². The summed E-state index contributed by atoms with van der Waals surface area (Å²) in [6.07, 6.45) is 79.9. The standard InChI is InChI=1S/C67H125NO5/c1-3-5-7-9-11-13-15-17-37-41-45-49-53-57-61-67(72)73-62-58-54-50-46-42-38-34-32-30-28-26-24-22-20-18-19-21-23-25-27-29-31-33-36-40-44-48-52-56-60-66(71)68-64(63-69)65(70)59-55-51-47-43-39-35-16-14-12-10-8-6-4-2/h9,11,15,17-18,20,24,26,64-65,69-70H,3-8,10,12-14,16,19,21-23,25,27-63H2,1-2H3,(H,68,71)/b11-9-,17-15-,20-18-,26-24-. The van der Waals surface area contributed by atoms with Crippen molar-refractivity contribution in [3.8, 4) is 0 Å². The van der Waals surface area contributed by atoms with Crippen molar-refractivity contribution in [2.75, 3.05) is 13.2 Å². The van der Waals surface area contributed by atoms with Gasteiger partial charge in [0.2, 0.25) is 5.91 Å². The molecule has 1 amide bonds. The van der Waals surface area contributed by atoms with Gasteiger partial charge in [0.05, 0.1) is 25.4 Å². The quantitative estimate of drug-likeness (QED) is 0.0320. The highest BCUT2D eigenvalue weighted by atomic mass is 16.5. The molecule has 0 saturated carbocycles. The van der Waals surface area contributed by atoms with E-state index < -0.39 is 12.1 Å². The number of amides is 1. The maximum absolute atomic E-state index is 12.5. The normalized spacial score (nSPS) is 12.9. The van der Waals surface area contributed by atoms with Gasteiger partial charge in [-0.05, 0) is 83.5 Å². The first-order valence-electron chi connectivity index (χ1n) is 32.4. The lowest BCUT2D eigenvalue weighted by molar-refractivity contribution is -0.143. The Morgan fingerprint density at radius 3 is 1.08 bits per heavy atom. The first kappa shape index (κ1) is 70.8. The van der Waals surface area contributed by atoms with Gasteiger partial charge in [0, 0.05) is 12.8 Å². The van der Waals surface area contributed by atoms with Gasteiger partial charge in [-0.15, -0.1) is 0 Å². The lowest BCUT2D eigenvalue weighted by Gasteiger charge is -2.22. The van der Waals surface area contributed by atoms with Crippen LogP contribution in [0.1, 0.15) is 341 Å². The Hall–Kier alpha value is -2.18. The maximum Gasteiger partial charge on any atom is 0.305 e. The van der Waals surface area contributed by atoms with Gasteiger partial charge in [-0.3, -0.25) is 9.59 Å². The van der Waals surface area contributed by atoms with Crippen molar-refractivity contribution in [2.24, 2.45) is 0 Å². The Balaban J connectivity index is 3.40. The Kier molecular flexibility index (Phi) is 60.5. The molecule has 0 saturated heterocycles. The summed E-state index contributed by atoms with van der Waals surface area (Å²) in [5.74, 6) is -0.0384. The predicted molar refractivity (Wildman–Crippen MR) is 319 cm³/mol. The molecule has 0 aromatic carbocycles. The number of nitrogens with one attached hydrogen (secondary N) is 1. The van der Waals surface area contributed by atoms with E-state index in [0.717, 1.165) is 57.8 Å². The lowest BCUT2D eigenvalue weighted by Crippen LogP contribution is -2.45. The fourth-order valence-electron chi connectivity index (χ4n) is 9.86. The molecule has 2 unspecified atom stereocenters. The summed E-state index contributed by atoms with van der Waals surface area (Å²) in [5, 5.41) is 23.3. The summed E-state index contributed by atoms with van der Waals surface area (Å²) in [7, 11) is 0. The van der Waals surface area contributed by atoms with Crippen LogP contribution in [0.15, 0.2) is 48.6 Å². The van der Waals surface area contributed by atoms with E-state index in [9.17, 15) is 19.8 Å². The highest BCUT2D eigenvalue weighted by Crippen LogP contribution is 2.17. The Labute approximate surface area is 455 Å². The van der Waals surface area contributed by atoms with E-state index in [-0.39, 0.29) is 18.5 Å². The minimum atomic E-state index is -0.665. The second kappa shape index (κ2) is 62.4. The van der Waals surface area contributed by atoms with E-state index in [1.165, 1.54) is 250 Å². The molecule has 0 spiro atoms. The molecule has 0 fully saturated rings. The van der Waals surface area contributed by atoms with Gasteiger partial charge in [-0.1, -0.05) is 294 Å². The number of esters is 1. The monoisotopic (exact) mass is 1020 g/mol. The predicted octanol–water partition coefficient (Wildman–Crippen LogP) is 20.5. The van der Waals surface area contributed by atoms with Gasteiger partial charge < -0.3 is 20.3 Å². The van der Waals surface area contributed by atoms with Gasteiger partial charge in [0.15, 0.2) is 0 Å². The molecule has 0 heterocycles. The average Bonchev–Trinajstić information content (AvgIpc) is 3.39. The Morgan fingerprint density at radius 2 is 0.699 bits per heavy atom. The zero-order chi connectivity index (χ0) is 52.9. The average molecular weight is 1020 g/mol. The number of rotatable bonds is 60. The molecular formula is C67H125NO5. The third kappa shape index (κ3) is 58.9. The number of aliphatic hydroxyl groups excluding tert-OH is 2. The molecule has 0 aromatic rings. The van der Waals surface area contributed by atoms with Crippen LogP contribution in [0.25, 0.3) is 0 Å². The summed E-state index contributed by atoms with van der Waals surface area (Å²) < 4.78 is 5.47. The van der Waals surface area contributed by atoms with Crippen LogP contribution in [0.2, 0.25) is 0 Å². The van der Waals surface area contributed by atoms with Crippen molar-refractivity contribution >= 4 is 11.9 Å². The molecule has 0 radical (unpaired) electrons. The second-order valence-electron chi connectivity index (χ2n) is 22.1. The van der Waals surface area contributed by atoms with E-state index in [2.05, 4.69) is 67.8 Å². The van der Waals surface area contributed by atoms with Crippen LogP contribution in [0.5, 0.6) is 0 Å². The molecule has 0 bridgehead atoms. The number of allylic oxidation sites excluding steroid dienone is 8. The molecule has 3 N–H and O–H groups in total. The van der Waals surface area contributed by atoms with E-state index in [4.69, 9.17) is 4.74 Å². The van der Waals surface area contributed by atoms with Crippen molar-refractivity contribution in [3.05, 3.63) is 48.6 Å². The second-order valence-corrected chi connectivity index (χ2v) is 22.1. The van der Waals surface area contributed by atoms with E-state index in [0.29, 0.717) is 25.9 Å². The first-order chi connectivity index (χ1) is 36.0. The minimum Gasteiger partial charge on any atom is -0.466 e. The summed E-state index contributed by atoms with van der Waals surface area (Å²) in [6, 6.07) is -0.542. The van der Waals surface area contributed by atoms with Gasteiger partial charge in [0.1, 0.15) is 0 Å². The molecule has 0 aliphatic heterocycles. The minimum absolute atomic E-state index is 0.00289. The van der Waals surface area contributed by atoms with Crippen molar-refractivity contribution in [1.82, 2.24) is 5.32 Å². The van der Waals surface area contributed by atoms with Crippen molar-refractivity contribution in [3.63, 3.8) is 0 Å². The van der Waals surface area contributed by atoms with Crippen LogP contribution in [-0.2, 0) is 14.3 Å². The van der Waals surface area contributed by atoms with Gasteiger partial charge >= 0.3 is 5.97 Å². The van der Waals surface area contributed by atoms with Crippen LogP contribution in [0, 0.1) is 0 Å². The smallest absolute Gasteiger partial charge is 0.305 e. The van der Waals surface area contributed by atoms with Crippen LogP contribution in [0.4, 0.5) is 0 Å². The van der Waals surface area contributed by atoms with E-state index in [1.54, 1.807) is 0 Å². The van der Waals surface area contributed by atoms with Crippen LogP contribution in [0.3, 0.4) is 0 Å². The topological polar surface area (TPSA) is 95.9 Å². The molecule has 428 valence electrons. The Morgan fingerprint density at radius 1 is 0.384 bits per heavy atom. The van der Waals surface area contributed by atoms with Crippen LogP contribution < -0.4 is 5.32 Å². The molecule has 0 aliphatic rings. The third-order valence-electron chi connectivity index (χ3n) is 14.9. The van der Waals surface area contributed by atoms with Gasteiger partial charge in [-0.25, -0.2) is 0 Å². The number of hydrogen-bond donors (Lipinski definition) is 3. The number of carbonyl (C=O) groups is 2. The molecule has 2 atom stereocenters. The highest BCUT2D eigenvalue weighted by Gasteiger charge is 2.20. The Bertz CT molecular complexity index is 1230. The summed E-state index contributed by atoms with van der Waals surface area (Å²) in [5.41, 5.74) is 0. The molecular weight excluding hydrogens is 899 g/mol. The first-order valence-corrected chi connectivity index (χ1v) is 32.4. The molecule has 6 nitrogen and oxygen atoms in total. The third-order valence-corrected chi connectivity index (χ3v) is 14.9. The molecule has 0 aromatic heterocycles. The van der Waals surface area contributed by atoms with Crippen molar-refractivity contribution < 1.29 is 24.5 Å². The van der Waals surface area contributed by atoms with E-state index >= 15 is 0 Å². The molecule has 0 rings (SSSR count). The number of hydrogen-bond acceptors (Lipinski definition) is 5. The summed E-state index contributed by atoms with van der Waals surface area (Å²) >= 11 is 0. The molecule has 73 heavy (non-hydrogen) atoms. The number of ether oxygens (including phenoxy) is 1. The highest BCUT2D eigenvalue weighted by molar-refractivity contribution is 5.76. The fourth-order valence-corrected chi connectivity index (χ4v) is 9.86. The summed E-state index contributed by atoms with van der Waals surface area (Å²) in [6.45, 7) is 4.91. The van der Waals surface area contributed by atoms with Crippen molar-refractivity contribution in [2.45, 2.75) is 353 Å². The maximum atomic E-state index is 12.5. The van der Waals surface area contributed by atoms with Gasteiger partial charge in [0.25, 0.3) is 0 Å². The van der Waals surface area contributed by atoms with Crippen molar-refractivity contribution in [1.29, 1.82) is 0 Å². The largest absolute Gasteiger partial charge is 0.466 e. The summed E-state index contributed by atoms with van der Waals surface area (Å²) in [4.78, 5) is 24.5. The zero-order valence-electron chi connectivity index (χ0n) is 48.9. The lowest BCUT2D eigenvalue weighted by atomic mass is 10.0. The van der Waals surface area contributed by atoms with Crippen LogP contribution in [-0.4, -0.2) is 47.4 Å². The van der Waals surface area contributed by atoms with E-state index in [1.807, 2.05) is 0 Å². The van der Waals surface area contributed by atoms with Gasteiger partial charge in [-0.2, -0.15) is 0 Å². The molecule has 0 aliphatic carbocycles. The number of carbonyl (C=O) groups excluding carboxylic acids is 2. The fraction of sp³-hybridized carbons (Fsp3) is 0.851.